The van der Waals surface area contributed by atoms with Gasteiger partial charge >= 0.3 is 0 Å². The van der Waals surface area contributed by atoms with Crippen LogP contribution >= 0.6 is 25.3 Å². The first-order valence-corrected chi connectivity index (χ1v) is 4.44. The number of rotatable bonds is 1. The molecule has 0 N–H and O–H groups in total. The predicted molar refractivity (Wildman–Crippen MR) is 52.8 cm³/mol. The lowest BCUT2D eigenvalue weighted by Gasteiger charge is -2.19. The molecule has 0 aliphatic heterocycles. The van der Waals surface area contributed by atoms with Crippen molar-refractivity contribution in [3.05, 3.63) is 23.1 Å². The third-order valence-electron chi connectivity index (χ3n) is 1.81. The van der Waals surface area contributed by atoms with Gasteiger partial charge in [-0.1, -0.05) is 12.7 Å². The average Bonchev–Trinajstić information content (AvgIpc) is 1.95. The zero-order chi connectivity index (χ0) is 7.56. The van der Waals surface area contributed by atoms with Gasteiger partial charge in [-0.05, 0) is 29.7 Å². The van der Waals surface area contributed by atoms with Crippen molar-refractivity contribution >= 4 is 25.3 Å². The van der Waals surface area contributed by atoms with Crippen molar-refractivity contribution < 1.29 is 0 Å². The van der Waals surface area contributed by atoms with Gasteiger partial charge < -0.3 is 0 Å². The maximum absolute atomic E-state index is 4.39. The minimum atomic E-state index is 0.352. The smallest absolute Gasteiger partial charge is 0.0327 e. The summed E-state index contributed by atoms with van der Waals surface area (Å²) in [6, 6.07) is 0. The van der Waals surface area contributed by atoms with Crippen LogP contribution < -0.4 is 0 Å². The monoisotopic (exact) mass is 172 g/mol. The van der Waals surface area contributed by atoms with Gasteiger partial charge in [0.15, 0.2) is 0 Å². The van der Waals surface area contributed by atoms with Crippen molar-refractivity contribution in [2.24, 2.45) is 0 Å². The van der Waals surface area contributed by atoms with Crippen LogP contribution in [0, 0.1) is 0 Å². The summed E-state index contributed by atoms with van der Waals surface area (Å²) < 4.78 is 0. The topological polar surface area (TPSA) is 0 Å². The van der Waals surface area contributed by atoms with E-state index in [4.69, 9.17) is 0 Å². The molecule has 0 aromatic heterocycles. The summed E-state index contributed by atoms with van der Waals surface area (Å²) >= 11 is 8.75. The summed E-state index contributed by atoms with van der Waals surface area (Å²) in [6.07, 6.45) is 5.39. The molecule has 0 fully saturated rings. The molecule has 0 amide bonds. The van der Waals surface area contributed by atoms with Gasteiger partial charge in [-0.2, -0.15) is 12.6 Å². The summed E-state index contributed by atoms with van der Waals surface area (Å²) in [7, 11) is 0. The summed E-state index contributed by atoms with van der Waals surface area (Å²) in [4.78, 5) is 1.12. The van der Waals surface area contributed by atoms with E-state index >= 15 is 0 Å². The first-order valence-electron chi connectivity index (χ1n) is 3.48. The Morgan fingerprint density at radius 3 is 2.80 bits per heavy atom. The van der Waals surface area contributed by atoms with E-state index in [-0.39, 0.29) is 0 Å². The molecule has 1 unspecified atom stereocenters. The molecule has 1 rings (SSSR count). The maximum atomic E-state index is 4.39. The van der Waals surface area contributed by atoms with Crippen molar-refractivity contribution in [2.45, 2.75) is 24.5 Å². The Balaban J connectivity index is 2.81. The second-order valence-electron chi connectivity index (χ2n) is 2.52. The zero-order valence-corrected chi connectivity index (χ0v) is 7.67. The lowest BCUT2D eigenvalue weighted by molar-refractivity contribution is 0.719. The fraction of sp³-hybridized carbons (Fsp3) is 0.500. The summed E-state index contributed by atoms with van der Waals surface area (Å²) in [5.74, 6) is 0. The first-order chi connectivity index (χ1) is 4.75. The molecule has 2 heteroatoms. The van der Waals surface area contributed by atoms with Crippen LogP contribution in [0.25, 0.3) is 0 Å². The molecular formula is C8H12S2. The van der Waals surface area contributed by atoms with Crippen molar-refractivity contribution in [1.29, 1.82) is 0 Å². The van der Waals surface area contributed by atoms with Gasteiger partial charge in [-0.25, -0.2) is 0 Å². The molecule has 0 aromatic carbocycles. The molecule has 1 aliphatic carbocycles. The molecule has 0 spiro atoms. The molecule has 0 nitrogen and oxygen atoms in total. The van der Waals surface area contributed by atoms with Crippen LogP contribution in [0.5, 0.6) is 0 Å². The van der Waals surface area contributed by atoms with E-state index in [1.165, 1.54) is 12.0 Å². The van der Waals surface area contributed by atoms with E-state index in [1.54, 1.807) is 0 Å². The van der Waals surface area contributed by atoms with Gasteiger partial charge in [0.05, 0.1) is 0 Å². The molecule has 1 atom stereocenters. The van der Waals surface area contributed by atoms with Crippen molar-refractivity contribution in [3.8, 4) is 0 Å². The lowest BCUT2D eigenvalue weighted by Crippen LogP contribution is -2.07. The molecule has 10 heavy (non-hydrogen) atoms. The highest BCUT2D eigenvalue weighted by molar-refractivity contribution is 7.88. The van der Waals surface area contributed by atoms with E-state index in [2.05, 4.69) is 31.8 Å². The van der Waals surface area contributed by atoms with Crippen LogP contribution in [0.15, 0.2) is 23.1 Å². The zero-order valence-electron chi connectivity index (χ0n) is 5.88. The van der Waals surface area contributed by atoms with Crippen LogP contribution in [0.2, 0.25) is 0 Å². The molecule has 0 saturated heterocycles. The van der Waals surface area contributed by atoms with E-state index in [9.17, 15) is 0 Å². The molecule has 0 bridgehead atoms. The van der Waals surface area contributed by atoms with Crippen molar-refractivity contribution in [1.82, 2.24) is 0 Å². The van der Waals surface area contributed by atoms with Crippen LogP contribution in [-0.4, -0.2) is 5.25 Å². The fourth-order valence-corrected chi connectivity index (χ4v) is 1.85. The summed E-state index contributed by atoms with van der Waals surface area (Å²) in [5, 5.41) is 0.352. The first kappa shape index (κ1) is 8.28. The number of hydrogen-bond acceptors (Lipinski definition) is 2. The van der Waals surface area contributed by atoms with E-state index in [0.717, 1.165) is 17.7 Å². The van der Waals surface area contributed by atoms with Gasteiger partial charge in [0.25, 0.3) is 0 Å². The molecule has 0 aromatic rings. The highest BCUT2D eigenvalue weighted by atomic mass is 32.1. The standard InChI is InChI=1S/C8H12S2/c1-2-6-4-3-5-7(9)8(6)10/h2,7,9-10H,1,3-5H2. The van der Waals surface area contributed by atoms with Crippen molar-refractivity contribution in [2.75, 3.05) is 0 Å². The Hall–Kier alpha value is 0.180. The minimum Gasteiger partial charge on any atom is -0.171 e. The quantitative estimate of drug-likeness (QED) is 0.558. The fourth-order valence-electron chi connectivity index (χ4n) is 1.17. The highest BCUT2D eigenvalue weighted by Gasteiger charge is 2.14. The third kappa shape index (κ3) is 1.61. The second-order valence-corrected chi connectivity index (χ2v) is 3.63. The number of thiol groups is 2. The Kier molecular flexibility index (Phi) is 2.93. The van der Waals surface area contributed by atoms with Crippen LogP contribution in [0.1, 0.15) is 19.3 Å². The molecule has 56 valence electrons. The summed E-state index contributed by atoms with van der Waals surface area (Å²) in [6.45, 7) is 3.73. The van der Waals surface area contributed by atoms with E-state index in [0.29, 0.717) is 5.25 Å². The van der Waals surface area contributed by atoms with Crippen LogP contribution in [0.4, 0.5) is 0 Å². The number of hydrogen-bond donors (Lipinski definition) is 2. The van der Waals surface area contributed by atoms with E-state index < -0.39 is 0 Å². The normalized spacial score (nSPS) is 26.8. The van der Waals surface area contributed by atoms with Crippen LogP contribution in [-0.2, 0) is 0 Å². The SMILES string of the molecule is C=CC1=C(S)C(S)CCC1. The Bertz CT molecular complexity index is 170. The molecular weight excluding hydrogens is 160 g/mol. The number of allylic oxidation sites excluding steroid dienone is 2. The third-order valence-corrected chi connectivity index (χ3v) is 3.13. The average molecular weight is 172 g/mol. The lowest BCUT2D eigenvalue weighted by atomic mass is 9.99. The minimum absolute atomic E-state index is 0.352. The molecule has 1 aliphatic rings. The predicted octanol–water partition coefficient (Wildman–Crippen LogP) is 2.84. The van der Waals surface area contributed by atoms with Crippen LogP contribution in [0.3, 0.4) is 0 Å². The van der Waals surface area contributed by atoms with E-state index in [1.807, 2.05) is 6.08 Å². The summed E-state index contributed by atoms with van der Waals surface area (Å²) in [5.41, 5.74) is 1.27. The second kappa shape index (κ2) is 3.54. The largest absolute Gasteiger partial charge is 0.171 e. The molecule has 0 radical (unpaired) electrons. The molecule has 0 saturated carbocycles. The Morgan fingerprint density at radius 1 is 1.60 bits per heavy atom. The maximum Gasteiger partial charge on any atom is 0.0327 e. The Labute approximate surface area is 73.2 Å². The molecule has 0 heterocycles. The Morgan fingerprint density at radius 2 is 2.30 bits per heavy atom. The van der Waals surface area contributed by atoms with Gasteiger partial charge in [0.2, 0.25) is 0 Å². The highest BCUT2D eigenvalue weighted by Crippen LogP contribution is 2.31. The van der Waals surface area contributed by atoms with Gasteiger partial charge in [-0.3, -0.25) is 0 Å². The van der Waals surface area contributed by atoms with Gasteiger partial charge in [0, 0.05) is 5.25 Å². The van der Waals surface area contributed by atoms with Gasteiger partial charge in [0.1, 0.15) is 0 Å². The van der Waals surface area contributed by atoms with Crippen molar-refractivity contribution in [3.63, 3.8) is 0 Å². The van der Waals surface area contributed by atoms with Gasteiger partial charge in [-0.15, -0.1) is 12.6 Å².